The van der Waals surface area contributed by atoms with Gasteiger partial charge in [0.15, 0.2) is 21.5 Å². The van der Waals surface area contributed by atoms with Crippen molar-refractivity contribution in [1.29, 1.82) is 0 Å². The van der Waals surface area contributed by atoms with Crippen molar-refractivity contribution in [2.75, 3.05) is 32.7 Å². The van der Waals surface area contributed by atoms with Crippen LogP contribution in [-0.4, -0.2) is 71.1 Å². The summed E-state index contributed by atoms with van der Waals surface area (Å²) in [7, 11) is -3.52. The molecule has 0 N–H and O–H groups in total. The van der Waals surface area contributed by atoms with Crippen molar-refractivity contribution in [3.05, 3.63) is 35.7 Å². The number of aryl methyl sites for hydroxylation is 1. The summed E-state index contributed by atoms with van der Waals surface area (Å²) in [5.41, 5.74) is 1.02. The smallest absolute Gasteiger partial charge is 0.198 e. The Balaban J connectivity index is 0.00000300. The fraction of sp³-hybridized carbons (Fsp3) is 0.632. The molecule has 0 radical (unpaired) electrons. The minimum atomic E-state index is -3.52. The summed E-state index contributed by atoms with van der Waals surface area (Å²) in [5.74, 6) is 0.399. The maximum atomic E-state index is 12.9. The third-order valence-corrected chi connectivity index (χ3v) is 6.96. The van der Waals surface area contributed by atoms with Crippen LogP contribution in [0.25, 0.3) is 0 Å². The summed E-state index contributed by atoms with van der Waals surface area (Å²) in [6.07, 6.45) is 1.88. The lowest BCUT2D eigenvalue weighted by Gasteiger charge is -2.38. The van der Waals surface area contributed by atoms with Crippen molar-refractivity contribution in [2.45, 2.75) is 50.4 Å². The van der Waals surface area contributed by atoms with E-state index in [0.717, 1.165) is 51.1 Å². The second-order valence-electron chi connectivity index (χ2n) is 7.37. The van der Waals surface area contributed by atoms with Crippen LogP contribution < -0.4 is 0 Å². The molecule has 1 aromatic heterocycles. The molecule has 10 heteroatoms. The van der Waals surface area contributed by atoms with Crippen LogP contribution in [-0.2, 0) is 15.7 Å². The first kappa shape index (κ1) is 23.7. The van der Waals surface area contributed by atoms with Gasteiger partial charge in [-0.1, -0.05) is 38.0 Å². The normalized spacial score (nSPS) is 17.1. The van der Waals surface area contributed by atoms with Gasteiger partial charge in [0.05, 0.1) is 10.9 Å². The lowest BCUT2D eigenvalue weighted by molar-refractivity contribution is 0.0891. The zero-order valence-corrected chi connectivity index (χ0v) is 19.0. The van der Waals surface area contributed by atoms with Crippen LogP contribution >= 0.6 is 12.4 Å². The second-order valence-corrected chi connectivity index (χ2v) is 9.33. The van der Waals surface area contributed by atoms with E-state index in [0.29, 0.717) is 10.7 Å². The van der Waals surface area contributed by atoms with Crippen molar-refractivity contribution in [3.63, 3.8) is 0 Å². The summed E-state index contributed by atoms with van der Waals surface area (Å²) < 4.78 is 27.2. The number of hydrogen-bond acceptors (Lipinski definition) is 7. The van der Waals surface area contributed by atoms with E-state index in [4.69, 9.17) is 0 Å². The standard InChI is InChI=1S/C19H30N6O2S.ClH/c1-4-6-18(24-13-11-23(5-2)12-14-24)19-20-21-22-25(19)15-28(26,27)17-9-7-16(3)8-10-17;/h7-10,18H,4-6,11-15H2,1-3H3;1H. The third kappa shape index (κ3) is 5.75. The highest BCUT2D eigenvalue weighted by Gasteiger charge is 2.29. The zero-order valence-electron chi connectivity index (χ0n) is 17.4. The first-order valence-electron chi connectivity index (χ1n) is 9.96. The molecule has 0 amide bonds. The van der Waals surface area contributed by atoms with Gasteiger partial charge in [0.25, 0.3) is 0 Å². The molecule has 0 bridgehead atoms. The highest BCUT2D eigenvalue weighted by Crippen LogP contribution is 2.26. The number of rotatable bonds is 8. The van der Waals surface area contributed by atoms with E-state index in [2.05, 4.69) is 39.2 Å². The lowest BCUT2D eigenvalue weighted by Crippen LogP contribution is -2.47. The number of tetrazole rings is 1. The Labute approximate surface area is 179 Å². The van der Waals surface area contributed by atoms with E-state index in [1.165, 1.54) is 4.68 Å². The number of likely N-dealkylation sites (N-methyl/N-ethyl adjacent to an activating group) is 1. The Hall–Kier alpha value is -1.55. The summed E-state index contributed by atoms with van der Waals surface area (Å²) in [6.45, 7) is 11.2. The Bertz CT molecular complexity index is 863. The Morgan fingerprint density at radius 2 is 1.72 bits per heavy atom. The van der Waals surface area contributed by atoms with Crippen LogP contribution in [0.15, 0.2) is 29.2 Å². The molecule has 1 aliphatic rings. The molecule has 8 nitrogen and oxygen atoms in total. The van der Waals surface area contributed by atoms with Crippen LogP contribution in [0.2, 0.25) is 0 Å². The van der Waals surface area contributed by atoms with E-state index < -0.39 is 9.84 Å². The minimum Gasteiger partial charge on any atom is -0.301 e. The van der Waals surface area contributed by atoms with E-state index in [1.807, 2.05) is 6.92 Å². The largest absolute Gasteiger partial charge is 0.301 e. The van der Waals surface area contributed by atoms with Gasteiger partial charge in [0.2, 0.25) is 0 Å². The molecule has 162 valence electrons. The number of halogens is 1. The molecule has 1 aromatic carbocycles. The van der Waals surface area contributed by atoms with Gasteiger partial charge < -0.3 is 4.90 Å². The van der Waals surface area contributed by atoms with Crippen molar-refractivity contribution in [2.24, 2.45) is 0 Å². The highest BCUT2D eigenvalue weighted by atomic mass is 35.5. The number of piperazine rings is 1. The molecule has 0 spiro atoms. The SMILES string of the molecule is CCCC(c1nnnn1CS(=O)(=O)c1ccc(C)cc1)N1CCN(CC)CC1.Cl. The number of hydrogen-bond donors (Lipinski definition) is 0. The Kier molecular flexibility index (Phi) is 8.57. The fourth-order valence-electron chi connectivity index (χ4n) is 3.66. The van der Waals surface area contributed by atoms with Gasteiger partial charge in [0.1, 0.15) is 0 Å². The van der Waals surface area contributed by atoms with Gasteiger partial charge >= 0.3 is 0 Å². The van der Waals surface area contributed by atoms with Crippen molar-refractivity contribution in [3.8, 4) is 0 Å². The number of nitrogens with zero attached hydrogens (tertiary/aromatic N) is 6. The van der Waals surface area contributed by atoms with Crippen molar-refractivity contribution >= 4 is 22.2 Å². The van der Waals surface area contributed by atoms with Crippen LogP contribution in [0.1, 0.15) is 44.1 Å². The van der Waals surface area contributed by atoms with Gasteiger partial charge in [-0.05, 0) is 42.4 Å². The highest BCUT2D eigenvalue weighted by molar-refractivity contribution is 7.90. The van der Waals surface area contributed by atoms with E-state index in [1.54, 1.807) is 24.3 Å². The topological polar surface area (TPSA) is 84.2 Å². The van der Waals surface area contributed by atoms with Crippen LogP contribution in [0.5, 0.6) is 0 Å². The minimum absolute atomic E-state index is 0. The number of sulfone groups is 1. The summed E-state index contributed by atoms with van der Waals surface area (Å²) in [4.78, 5) is 5.10. The molecule has 2 heterocycles. The maximum absolute atomic E-state index is 12.9. The van der Waals surface area contributed by atoms with E-state index >= 15 is 0 Å². The Morgan fingerprint density at radius 3 is 2.31 bits per heavy atom. The predicted molar refractivity (Wildman–Crippen MR) is 115 cm³/mol. The zero-order chi connectivity index (χ0) is 20.1. The molecule has 0 aliphatic carbocycles. The lowest BCUT2D eigenvalue weighted by atomic mass is 10.1. The van der Waals surface area contributed by atoms with Crippen LogP contribution in [0.3, 0.4) is 0 Å². The molecule has 1 fully saturated rings. The second kappa shape index (κ2) is 10.5. The van der Waals surface area contributed by atoms with E-state index in [9.17, 15) is 8.42 Å². The Morgan fingerprint density at radius 1 is 1.07 bits per heavy atom. The van der Waals surface area contributed by atoms with Gasteiger partial charge in [-0.15, -0.1) is 17.5 Å². The first-order valence-corrected chi connectivity index (χ1v) is 11.6. The predicted octanol–water partition coefficient (Wildman–Crippen LogP) is 2.31. The molecule has 2 aromatic rings. The van der Waals surface area contributed by atoms with Gasteiger partial charge in [-0.3, -0.25) is 4.90 Å². The maximum Gasteiger partial charge on any atom is 0.198 e. The third-order valence-electron chi connectivity index (χ3n) is 5.39. The van der Waals surface area contributed by atoms with Crippen LogP contribution in [0, 0.1) is 6.92 Å². The summed E-state index contributed by atoms with van der Waals surface area (Å²) >= 11 is 0. The van der Waals surface area contributed by atoms with Gasteiger partial charge in [-0.25, -0.2) is 13.1 Å². The van der Waals surface area contributed by atoms with Crippen molar-refractivity contribution < 1.29 is 8.42 Å². The van der Waals surface area contributed by atoms with E-state index in [-0.39, 0.29) is 24.3 Å². The number of benzene rings is 1. The molecular weight excluding hydrogens is 412 g/mol. The molecule has 1 saturated heterocycles. The molecule has 1 unspecified atom stereocenters. The van der Waals surface area contributed by atoms with Crippen LogP contribution in [0.4, 0.5) is 0 Å². The monoisotopic (exact) mass is 442 g/mol. The average molecular weight is 443 g/mol. The molecule has 0 saturated carbocycles. The molecule has 29 heavy (non-hydrogen) atoms. The molecule has 3 rings (SSSR count). The summed E-state index contributed by atoms with van der Waals surface area (Å²) in [5, 5.41) is 12.0. The summed E-state index contributed by atoms with van der Waals surface area (Å²) in [6, 6.07) is 6.93. The quantitative estimate of drug-likeness (QED) is 0.620. The molecular formula is C19H31ClN6O2S. The molecule has 1 atom stereocenters. The van der Waals surface area contributed by atoms with Crippen molar-refractivity contribution in [1.82, 2.24) is 30.0 Å². The number of aromatic nitrogens is 4. The van der Waals surface area contributed by atoms with Gasteiger partial charge in [-0.2, -0.15) is 0 Å². The first-order chi connectivity index (χ1) is 13.4. The molecule has 1 aliphatic heterocycles. The average Bonchev–Trinajstić information content (AvgIpc) is 3.13. The van der Waals surface area contributed by atoms with Gasteiger partial charge in [0, 0.05) is 26.2 Å². The fourth-order valence-corrected chi connectivity index (χ4v) is 4.87.